The van der Waals surface area contributed by atoms with Crippen LogP contribution in [0.15, 0.2) is 9.90 Å². The zero-order valence-electron chi connectivity index (χ0n) is 10.6. The van der Waals surface area contributed by atoms with Crippen molar-refractivity contribution in [2.45, 2.75) is 32.9 Å². The Morgan fingerprint density at radius 2 is 2.22 bits per heavy atom. The zero-order valence-corrected chi connectivity index (χ0v) is 11.4. The highest BCUT2D eigenvalue weighted by atomic mass is 32.1. The van der Waals surface area contributed by atoms with Crippen LogP contribution in [0.4, 0.5) is 0 Å². The lowest BCUT2D eigenvalue weighted by Crippen LogP contribution is -2.04. The van der Waals surface area contributed by atoms with Crippen molar-refractivity contribution in [2.75, 3.05) is 6.61 Å². The van der Waals surface area contributed by atoms with E-state index in [4.69, 9.17) is 15.0 Å². The minimum atomic E-state index is -0.181. The molecule has 0 bridgehead atoms. The number of aromatic nitrogens is 3. The molecule has 7 heteroatoms. The quantitative estimate of drug-likeness (QED) is 0.895. The monoisotopic (exact) mass is 268 g/mol. The topological polar surface area (TPSA) is 87.1 Å². The molecular weight excluding hydrogens is 252 g/mol. The third kappa shape index (κ3) is 2.74. The molecule has 2 N–H and O–H groups in total. The van der Waals surface area contributed by atoms with Crippen molar-refractivity contribution in [1.82, 2.24) is 15.1 Å². The summed E-state index contributed by atoms with van der Waals surface area (Å²) in [5, 5.41) is 6.60. The predicted molar refractivity (Wildman–Crippen MR) is 68.0 cm³/mol. The average molecular weight is 268 g/mol. The number of rotatable bonds is 5. The molecule has 0 aliphatic heterocycles. The van der Waals surface area contributed by atoms with Gasteiger partial charge in [-0.25, -0.2) is 4.98 Å². The molecule has 0 aromatic carbocycles. The molecule has 0 aliphatic carbocycles. The highest BCUT2D eigenvalue weighted by molar-refractivity contribution is 7.10. The number of thiazole rings is 1. The van der Waals surface area contributed by atoms with Gasteiger partial charge in [0.05, 0.1) is 6.04 Å². The maximum absolute atomic E-state index is 5.76. The van der Waals surface area contributed by atoms with E-state index in [9.17, 15) is 0 Å². The third-order valence-electron chi connectivity index (χ3n) is 2.35. The molecule has 0 radical (unpaired) electrons. The highest BCUT2D eigenvalue weighted by Gasteiger charge is 2.17. The van der Waals surface area contributed by atoms with Crippen molar-refractivity contribution in [3.05, 3.63) is 16.2 Å². The Labute approximate surface area is 109 Å². The van der Waals surface area contributed by atoms with Crippen LogP contribution in [0.2, 0.25) is 0 Å². The molecule has 0 saturated carbocycles. The van der Waals surface area contributed by atoms with Gasteiger partial charge in [0.25, 0.3) is 5.89 Å². The van der Waals surface area contributed by atoms with Crippen LogP contribution in [0.25, 0.3) is 11.6 Å². The van der Waals surface area contributed by atoms with Gasteiger partial charge in [0.15, 0.2) is 0 Å². The lowest BCUT2D eigenvalue weighted by Gasteiger charge is -2.04. The fourth-order valence-electron chi connectivity index (χ4n) is 1.42. The van der Waals surface area contributed by atoms with Gasteiger partial charge in [0.1, 0.15) is 16.8 Å². The Kier molecular flexibility index (Phi) is 4.05. The van der Waals surface area contributed by atoms with Crippen molar-refractivity contribution in [3.63, 3.8) is 0 Å². The van der Waals surface area contributed by atoms with Crippen LogP contribution in [0.3, 0.4) is 0 Å². The van der Waals surface area contributed by atoms with Gasteiger partial charge in [-0.1, -0.05) is 5.16 Å². The molecule has 0 amide bonds. The number of ether oxygens (including phenoxy) is 1. The van der Waals surface area contributed by atoms with Crippen LogP contribution >= 0.6 is 11.3 Å². The summed E-state index contributed by atoms with van der Waals surface area (Å²) in [6.07, 6.45) is -0.181. The molecule has 2 unspecified atom stereocenters. The van der Waals surface area contributed by atoms with Crippen LogP contribution in [0, 0.1) is 0 Å². The number of nitrogens with zero attached hydrogens (tertiary/aromatic N) is 3. The maximum Gasteiger partial charge on any atom is 0.277 e. The lowest BCUT2D eigenvalue weighted by atomic mass is 10.4. The standard InChI is InChI=1S/C11H16N4O2S/c1-4-16-7(3)9-14-10(17-15-9)8-5-18-11(13-8)6(2)12/h5-7H,4,12H2,1-3H3. The third-order valence-corrected chi connectivity index (χ3v) is 3.40. The van der Waals surface area contributed by atoms with Gasteiger partial charge in [-0.05, 0) is 20.8 Å². The summed E-state index contributed by atoms with van der Waals surface area (Å²) in [5.41, 5.74) is 6.42. The largest absolute Gasteiger partial charge is 0.371 e. The van der Waals surface area contributed by atoms with Gasteiger partial charge in [-0.15, -0.1) is 11.3 Å². The predicted octanol–water partition coefficient (Wildman–Crippen LogP) is 2.31. The van der Waals surface area contributed by atoms with Crippen molar-refractivity contribution >= 4 is 11.3 Å². The fraction of sp³-hybridized carbons (Fsp3) is 0.545. The highest BCUT2D eigenvalue weighted by Crippen LogP contribution is 2.24. The maximum atomic E-state index is 5.76. The Morgan fingerprint density at radius 1 is 1.44 bits per heavy atom. The van der Waals surface area contributed by atoms with Crippen LogP contribution in [-0.2, 0) is 4.74 Å². The van der Waals surface area contributed by atoms with E-state index in [1.54, 1.807) is 0 Å². The van der Waals surface area contributed by atoms with E-state index >= 15 is 0 Å². The van der Waals surface area contributed by atoms with Crippen LogP contribution < -0.4 is 5.73 Å². The van der Waals surface area contributed by atoms with Crippen LogP contribution in [-0.4, -0.2) is 21.7 Å². The second-order valence-corrected chi connectivity index (χ2v) is 4.80. The molecule has 2 heterocycles. The van der Waals surface area contributed by atoms with Gasteiger partial charge in [-0.3, -0.25) is 0 Å². The Bertz CT molecular complexity index is 509. The van der Waals surface area contributed by atoms with Crippen LogP contribution in [0.5, 0.6) is 0 Å². The molecule has 2 rings (SSSR count). The summed E-state index contributed by atoms with van der Waals surface area (Å²) in [7, 11) is 0. The van der Waals surface area contributed by atoms with Crippen molar-refractivity contribution in [2.24, 2.45) is 5.73 Å². The zero-order chi connectivity index (χ0) is 13.1. The van der Waals surface area contributed by atoms with Gasteiger partial charge in [0.2, 0.25) is 5.82 Å². The van der Waals surface area contributed by atoms with Gasteiger partial charge < -0.3 is 15.0 Å². The molecular formula is C11H16N4O2S. The van der Waals surface area contributed by atoms with E-state index in [1.165, 1.54) is 11.3 Å². The molecule has 18 heavy (non-hydrogen) atoms. The van der Waals surface area contributed by atoms with E-state index in [0.29, 0.717) is 24.0 Å². The summed E-state index contributed by atoms with van der Waals surface area (Å²) in [6, 6.07) is -0.0894. The van der Waals surface area contributed by atoms with Crippen LogP contribution in [0.1, 0.15) is 43.7 Å². The summed E-state index contributed by atoms with van der Waals surface area (Å²) in [4.78, 5) is 8.63. The fourth-order valence-corrected chi connectivity index (χ4v) is 2.18. The Balaban J connectivity index is 2.18. The smallest absolute Gasteiger partial charge is 0.277 e. The second-order valence-electron chi connectivity index (χ2n) is 3.91. The van der Waals surface area contributed by atoms with Crippen molar-refractivity contribution < 1.29 is 9.26 Å². The van der Waals surface area contributed by atoms with E-state index < -0.39 is 0 Å². The molecule has 0 fully saturated rings. The van der Waals surface area contributed by atoms with Gasteiger partial charge in [0, 0.05) is 12.0 Å². The second kappa shape index (κ2) is 5.55. The first-order valence-corrected chi connectivity index (χ1v) is 6.66. The normalized spacial score (nSPS) is 14.7. The number of hydrogen-bond acceptors (Lipinski definition) is 7. The minimum absolute atomic E-state index is 0.0894. The first-order valence-electron chi connectivity index (χ1n) is 5.78. The molecule has 6 nitrogen and oxygen atoms in total. The summed E-state index contributed by atoms with van der Waals surface area (Å²) in [6.45, 7) is 6.30. The van der Waals surface area contributed by atoms with Gasteiger partial charge in [-0.2, -0.15) is 4.98 Å². The van der Waals surface area contributed by atoms with E-state index in [-0.39, 0.29) is 12.1 Å². The average Bonchev–Trinajstić information content (AvgIpc) is 2.98. The summed E-state index contributed by atoms with van der Waals surface area (Å²) in [5.74, 6) is 0.932. The molecule has 0 spiro atoms. The SMILES string of the molecule is CCOC(C)c1noc(-c2csc(C(C)N)n2)n1. The Hall–Kier alpha value is -1.31. The lowest BCUT2D eigenvalue weighted by molar-refractivity contribution is 0.0683. The van der Waals surface area contributed by atoms with E-state index in [2.05, 4.69) is 15.1 Å². The first kappa shape index (κ1) is 13.1. The number of nitrogens with two attached hydrogens (primary N) is 1. The molecule has 0 aliphatic rings. The molecule has 2 aromatic heterocycles. The molecule has 2 atom stereocenters. The summed E-state index contributed by atoms with van der Waals surface area (Å²) < 4.78 is 10.6. The summed E-state index contributed by atoms with van der Waals surface area (Å²) >= 11 is 1.49. The van der Waals surface area contributed by atoms with E-state index in [0.717, 1.165) is 5.01 Å². The molecule has 98 valence electrons. The molecule has 2 aromatic rings. The van der Waals surface area contributed by atoms with Crippen molar-refractivity contribution in [1.29, 1.82) is 0 Å². The number of hydrogen-bond donors (Lipinski definition) is 1. The Morgan fingerprint density at radius 3 is 2.83 bits per heavy atom. The van der Waals surface area contributed by atoms with E-state index in [1.807, 2.05) is 26.2 Å². The minimum Gasteiger partial charge on any atom is -0.371 e. The van der Waals surface area contributed by atoms with Crippen molar-refractivity contribution in [3.8, 4) is 11.6 Å². The van der Waals surface area contributed by atoms with Gasteiger partial charge >= 0.3 is 0 Å². The first-order chi connectivity index (χ1) is 8.61. The molecule has 0 saturated heterocycles.